The van der Waals surface area contributed by atoms with Gasteiger partial charge in [-0.15, -0.1) is 11.8 Å². The Morgan fingerprint density at radius 3 is 2.75 bits per heavy atom. The van der Waals surface area contributed by atoms with Crippen LogP contribution in [0.2, 0.25) is 5.02 Å². The number of hydrogen-bond donors (Lipinski definition) is 1. The van der Waals surface area contributed by atoms with Gasteiger partial charge in [-0.05, 0) is 18.2 Å². The molecular weight excluding hydrogens is 398 g/mol. The van der Waals surface area contributed by atoms with E-state index in [9.17, 15) is 9.59 Å². The molecule has 2 aromatic carbocycles. The summed E-state index contributed by atoms with van der Waals surface area (Å²) in [6.07, 6.45) is 0. The fourth-order valence-electron chi connectivity index (χ4n) is 2.95. The first-order valence-corrected chi connectivity index (χ1v) is 10.2. The van der Waals surface area contributed by atoms with Crippen molar-refractivity contribution in [3.8, 4) is 5.75 Å². The highest BCUT2D eigenvalue weighted by atomic mass is 35.5. The Balaban J connectivity index is 1.62. The largest absolute Gasteiger partial charge is 0.495 e. The van der Waals surface area contributed by atoms with Crippen molar-refractivity contribution < 1.29 is 14.3 Å². The highest BCUT2D eigenvalue weighted by Crippen LogP contribution is 2.41. The number of rotatable bonds is 6. The van der Waals surface area contributed by atoms with Crippen molar-refractivity contribution in [2.45, 2.75) is 5.37 Å². The minimum Gasteiger partial charge on any atom is -0.495 e. The Morgan fingerprint density at radius 2 is 2.00 bits per heavy atom. The van der Waals surface area contributed by atoms with Crippen LogP contribution in [-0.2, 0) is 4.79 Å². The van der Waals surface area contributed by atoms with Crippen molar-refractivity contribution in [2.24, 2.45) is 0 Å². The van der Waals surface area contributed by atoms with E-state index in [2.05, 4.69) is 5.32 Å². The fourth-order valence-corrected chi connectivity index (χ4v) is 4.50. The van der Waals surface area contributed by atoms with Crippen LogP contribution in [0.5, 0.6) is 5.75 Å². The number of carbonyl (C=O) groups excluding carboxylic acids is 2. The summed E-state index contributed by atoms with van der Waals surface area (Å²) in [5.41, 5.74) is 1.52. The lowest BCUT2D eigenvalue weighted by Crippen LogP contribution is -2.39. The molecule has 0 saturated carbocycles. The molecular formula is C20H22ClN3O3S. The van der Waals surface area contributed by atoms with E-state index in [0.29, 0.717) is 35.3 Å². The molecule has 0 aliphatic carbocycles. The summed E-state index contributed by atoms with van der Waals surface area (Å²) < 4.78 is 5.25. The maximum absolute atomic E-state index is 12.5. The van der Waals surface area contributed by atoms with Crippen LogP contribution in [0.15, 0.2) is 48.5 Å². The summed E-state index contributed by atoms with van der Waals surface area (Å²) in [5, 5.41) is 3.34. The van der Waals surface area contributed by atoms with Gasteiger partial charge in [0.2, 0.25) is 5.91 Å². The molecule has 1 heterocycles. The molecule has 3 amide bonds. The number of benzene rings is 2. The number of likely N-dealkylation sites (N-methyl/N-ethyl adjacent to an activating group) is 1. The van der Waals surface area contributed by atoms with Crippen molar-refractivity contribution in [3.63, 3.8) is 0 Å². The van der Waals surface area contributed by atoms with Crippen LogP contribution >= 0.6 is 23.4 Å². The zero-order valence-corrected chi connectivity index (χ0v) is 17.3. The molecule has 1 N–H and O–H groups in total. The van der Waals surface area contributed by atoms with E-state index in [1.165, 1.54) is 0 Å². The average molecular weight is 420 g/mol. The summed E-state index contributed by atoms with van der Waals surface area (Å²) in [5.74, 6) is 1.05. The van der Waals surface area contributed by atoms with Gasteiger partial charge in [0.15, 0.2) is 0 Å². The van der Waals surface area contributed by atoms with E-state index in [4.69, 9.17) is 16.3 Å². The van der Waals surface area contributed by atoms with Crippen molar-refractivity contribution in [1.82, 2.24) is 9.80 Å². The number of nitrogens with one attached hydrogen (secondary N) is 1. The minimum absolute atomic E-state index is 0.0495. The molecule has 8 heteroatoms. The van der Waals surface area contributed by atoms with Crippen LogP contribution in [0.1, 0.15) is 10.9 Å². The fraction of sp³-hybridized carbons (Fsp3) is 0.300. The first-order valence-electron chi connectivity index (χ1n) is 8.82. The van der Waals surface area contributed by atoms with Crippen LogP contribution in [-0.4, -0.2) is 54.7 Å². The Labute approximate surface area is 173 Å². The number of amides is 3. The van der Waals surface area contributed by atoms with Crippen LogP contribution in [0, 0.1) is 0 Å². The lowest BCUT2D eigenvalue weighted by Gasteiger charge is -2.27. The summed E-state index contributed by atoms with van der Waals surface area (Å²) in [6.45, 7) is 0.825. The van der Waals surface area contributed by atoms with Crippen molar-refractivity contribution in [3.05, 3.63) is 59.1 Å². The summed E-state index contributed by atoms with van der Waals surface area (Å²) in [4.78, 5) is 28.2. The molecule has 0 radical (unpaired) electrons. The Kier molecular flexibility index (Phi) is 6.70. The third kappa shape index (κ3) is 4.54. The van der Waals surface area contributed by atoms with Crippen molar-refractivity contribution in [1.29, 1.82) is 0 Å². The minimum atomic E-state index is -0.266. The summed E-state index contributed by atoms with van der Waals surface area (Å²) >= 11 is 7.86. The second-order valence-corrected chi connectivity index (χ2v) is 7.80. The van der Waals surface area contributed by atoms with Crippen molar-refractivity contribution in [2.75, 3.05) is 38.3 Å². The molecule has 1 aliphatic heterocycles. The van der Waals surface area contributed by atoms with Crippen LogP contribution < -0.4 is 10.1 Å². The lowest BCUT2D eigenvalue weighted by molar-refractivity contribution is -0.128. The molecule has 0 aromatic heterocycles. The topological polar surface area (TPSA) is 61.9 Å². The standard InChI is InChI=1S/C20H22ClN3O3S/c1-23(20(26)22-16-9-5-6-10-17(16)27-2)11-12-24-18(25)13-28-19(24)14-7-3-4-8-15(14)21/h3-10,19H,11-13H2,1-2H3,(H,22,26)/t19-/m0/s1. The number of ether oxygens (including phenoxy) is 1. The maximum Gasteiger partial charge on any atom is 0.321 e. The van der Waals surface area contributed by atoms with Gasteiger partial charge in [-0.2, -0.15) is 0 Å². The highest BCUT2D eigenvalue weighted by molar-refractivity contribution is 8.00. The molecule has 1 saturated heterocycles. The molecule has 0 unspecified atom stereocenters. The van der Waals surface area contributed by atoms with Gasteiger partial charge < -0.3 is 19.9 Å². The third-order valence-electron chi connectivity index (χ3n) is 4.51. The molecule has 148 valence electrons. The number of carbonyl (C=O) groups is 2. The number of nitrogens with zero attached hydrogens (tertiary/aromatic N) is 2. The molecule has 0 spiro atoms. The number of hydrogen-bond acceptors (Lipinski definition) is 4. The summed E-state index contributed by atoms with van der Waals surface area (Å²) in [6, 6.07) is 14.5. The molecule has 0 bridgehead atoms. The van der Waals surface area contributed by atoms with Gasteiger partial charge >= 0.3 is 6.03 Å². The first kappa shape index (κ1) is 20.4. The van der Waals surface area contributed by atoms with Gasteiger partial charge in [0.25, 0.3) is 0 Å². The molecule has 1 fully saturated rings. The third-order valence-corrected chi connectivity index (χ3v) is 6.09. The quantitative estimate of drug-likeness (QED) is 0.766. The predicted octanol–water partition coefficient (Wildman–Crippen LogP) is 4.09. The number of halogens is 1. The highest BCUT2D eigenvalue weighted by Gasteiger charge is 2.33. The number of para-hydroxylation sites is 2. The first-order chi connectivity index (χ1) is 13.5. The number of urea groups is 1. The van der Waals surface area contributed by atoms with Crippen molar-refractivity contribution >= 4 is 41.0 Å². The lowest BCUT2D eigenvalue weighted by atomic mass is 10.2. The Bertz CT molecular complexity index is 864. The maximum atomic E-state index is 12.5. The average Bonchev–Trinajstić information content (AvgIpc) is 3.07. The van der Waals surface area contributed by atoms with E-state index in [0.717, 1.165) is 5.56 Å². The second kappa shape index (κ2) is 9.21. The molecule has 28 heavy (non-hydrogen) atoms. The predicted molar refractivity (Wildman–Crippen MR) is 113 cm³/mol. The Morgan fingerprint density at radius 1 is 1.29 bits per heavy atom. The van der Waals surface area contributed by atoms with Gasteiger partial charge in [-0.1, -0.05) is 41.9 Å². The van der Waals surface area contributed by atoms with Crippen LogP contribution in [0.3, 0.4) is 0 Å². The van der Waals surface area contributed by atoms with Crippen LogP contribution in [0.25, 0.3) is 0 Å². The smallest absolute Gasteiger partial charge is 0.321 e. The molecule has 1 aliphatic rings. The number of anilines is 1. The zero-order valence-electron chi connectivity index (χ0n) is 15.7. The summed E-state index contributed by atoms with van der Waals surface area (Å²) in [7, 11) is 3.25. The van der Waals surface area contributed by atoms with Gasteiger partial charge in [0.1, 0.15) is 11.1 Å². The van der Waals surface area contributed by atoms with E-state index < -0.39 is 0 Å². The molecule has 6 nitrogen and oxygen atoms in total. The normalized spacial score (nSPS) is 16.2. The van der Waals surface area contributed by atoms with Crippen LogP contribution in [0.4, 0.5) is 10.5 Å². The second-order valence-electron chi connectivity index (χ2n) is 6.32. The monoisotopic (exact) mass is 419 g/mol. The van der Waals surface area contributed by atoms with E-state index in [1.807, 2.05) is 36.4 Å². The molecule has 3 rings (SSSR count). The molecule has 2 aromatic rings. The van der Waals surface area contributed by atoms with Gasteiger partial charge in [-0.3, -0.25) is 4.79 Å². The van der Waals surface area contributed by atoms with E-state index >= 15 is 0 Å². The van der Waals surface area contributed by atoms with E-state index in [1.54, 1.807) is 47.9 Å². The SMILES string of the molecule is COc1ccccc1NC(=O)N(C)CCN1C(=O)CS[C@H]1c1ccccc1Cl. The number of methoxy groups -OCH3 is 1. The van der Waals surface area contributed by atoms with Gasteiger partial charge in [0.05, 0.1) is 18.6 Å². The number of thioether (sulfide) groups is 1. The zero-order chi connectivity index (χ0) is 20.1. The Hall–Kier alpha value is -2.38. The van der Waals surface area contributed by atoms with Gasteiger partial charge in [-0.25, -0.2) is 4.79 Å². The molecule has 1 atom stereocenters. The van der Waals surface area contributed by atoms with E-state index in [-0.39, 0.29) is 17.3 Å². The van der Waals surface area contributed by atoms with Gasteiger partial charge in [0, 0.05) is 30.7 Å².